The van der Waals surface area contributed by atoms with Crippen molar-refractivity contribution in [3.05, 3.63) is 40.3 Å². The molecule has 2 rings (SSSR count). The van der Waals surface area contributed by atoms with E-state index in [9.17, 15) is 0 Å². The molecule has 0 aliphatic heterocycles. The van der Waals surface area contributed by atoms with Gasteiger partial charge >= 0.3 is 0 Å². The van der Waals surface area contributed by atoms with Gasteiger partial charge < -0.3 is 5.32 Å². The van der Waals surface area contributed by atoms with Gasteiger partial charge in [-0.05, 0) is 41.8 Å². The van der Waals surface area contributed by atoms with Crippen molar-refractivity contribution in [3.63, 3.8) is 0 Å². The van der Waals surface area contributed by atoms with Gasteiger partial charge in [-0.25, -0.2) is 0 Å². The second-order valence-corrected chi connectivity index (χ2v) is 4.79. The Bertz CT molecular complexity index is 419. The molecule has 0 saturated heterocycles. The van der Waals surface area contributed by atoms with Crippen molar-refractivity contribution in [1.29, 1.82) is 0 Å². The summed E-state index contributed by atoms with van der Waals surface area (Å²) < 4.78 is 1.97. The average molecular weight is 235 g/mol. The third-order valence-corrected chi connectivity index (χ3v) is 3.30. The summed E-state index contributed by atoms with van der Waals surface area (Å²) in [6.07, 6.45) is 3.96. The second-order valence-electron chi connectivity index (χ2n) is 4.01. The Morgan fingerprint density at radius 2 is 2.44 bits per heavy atom. The van der Waals surface area contributed by atoms with E-state index in [1.54, 1.807) is 11.3 Å². The van der Waals surface area contributed by atoms with Crippen LogP contribution in [0.15, 0.2) is 29.2 Å². The van der Waals surface area contributed by atoms with Crippen LogP contribution in [0, 0.1) is 6.92 Å². The first-order valence-electron chi connectivity index (χ1n) is 5.50. The normalized spacial score (nSPS) is 12.9. The molecular formula is C12H17N3S. The van der Waals surface area contributed by atoms with E-state index >= 15 is 0 Å². The Labute approximate surface area is 100 Å². The fraction of sp³-hybridized carbons (Fsp3) is 0.417. The Hall–Kier alpha value is -1.13. The molecule has 2 aromatic rings. The number of aryl methyl sites for hydroxylation is 1. The van der Waals surface area contributed by atoms with Gasteiger partial charge in [0.1, 0.15) is 0 Å². The molecule has 4 heteroatoms. The summed E-state index contributed by atoms with van der Waals surface area (Å²) in [4.78, 5) is 0. The number of rotatable bonds is 5. The zero-order chi connectivity index (χ0) is 11.4. The zero-order valence-corrected chi connectivity index (χ0v) is 10.5. The van der Waals surface area contributed by atoms with Gasteiger partial charge in [0.05, 0.1) is 12.7 Å². The van der Waals surface area contributed by atoms with Gasteiger partial charge in [0.15, 0.2) is 0 Å². The summed E-state index contributed by atoms with van der Waals surface area (Å²) >= 11 is 1.74. The molecule has 0 saturated carbocycles. The summed E-state index contributed by atoms with van der Waals surface area (Å²) in [5.74, 6) is 0. The Balaban J connectivity index is 1.76. The minimum absolute atomic E-state index is 0.419. The predicted octanol–water partition coefficient (Wildman–Crippen LogP) is 2.60. The van der Waals surface area contributed by atoms with Crippen molar-refractivity contribution < 1.29 is 0 Å². The quantitative estimate of drug-likeness (QED) is 0.863. The highest BCUT2D eigenvalue weighted by Crippen LogP contribution is 2.14. The molecule has 3 nitrogen and oxygen atoms in total. The van der Waals surface area contributed by atoms with Crippen LogP contribution in [0.2, 0.25) is 0 Å². The Morgan fingerprint density at radius 1 is 1.56 bits per heavy atom. The maximum atomic E-state index is 4.25. The second kappa shape index (κ2) is 5.27. The minimum atomic E-state index is 0.419. The highest BCUT2D eigenvalue weighted by Gasteiger charge is 2.04. The van der Waals surface area contributed by atoms with Crippen LogP contribution in [0.3, 0.4) is 0 Å². The van der Waals surface area contributed by atoms with E-state index in [4.69, 9.17) is 0 Å². The van der Waals surface area contributed by atoms with Gasteiger partial charge in [0.2, 0.25) is 0 Å². The first kappa shape index (κ1) is 11.4. The first-order valence-corrected chi connectivity index (χ1v) is 6.44. The lowest BCUT2D eigenvalue weighted by atomic mass is 10.2. The number of nitrogens with one attached hydrogen (secondary N) is 1. The van der Waals surface area contributed by atoms with Gasteiger partial charge in [-0.1, -0.05) is 0 Å². The van der Waals surface area contributed by atoms with Crippen LogP contribution >= 0.6 is 11.3 Å². The topological polar surface area (TPSA) is 29.9 Å². The van der Waals surface area contributed by atoms with Gasteiger partial charge in [0.25, 0.3) is 0 Å². The predicted molar refractivity (Wildman–Crippen MR) is 67.7 cm³/mol. The summed E-state index contributed by atoms with van der Waals surface area (Å²) in [6, 6.07) is 2.59. The molecule has 0 aliphatic carbocycles. The summed E-state index contributed by atoms with van der Waals surface area (Å²) in [5, 5.41) is 12.0. The van der Waals surface area contributed by atoms with E-state index in [1.165, 1.54) is 11.1 Å². The fourth-order valence-corrected chi connectivity index (χ4v) is 2.38. The van der Waals surface area contributed by atoms with E-state index in [0.29, 0.717) is 6.04 Å². The van der Waals surface area contributed by atoms with Crippen molar-refractivity contribution in [1.82, 2.24) is 15.1 Å². The van der Waals surface area contributed by atoms with Crippen molar-refractivity contribution >= 4 is 11.3 Å². The minimum Gasteiger partial charge on any atom is -0.308 e. The van der Waals surface area contributed by atoms with Crippen molar-refractivity contribution in [2.24, 2.45) is 0 Å². The molecule has 1 unspecified atom stereocenters. The maximum Gasteiger partial charge on any atom is 0.0534 e. The first-order chi connectivity index (χ1) is 7.75. The SMILES string of the molecule is Cc1cnn(CCNC(C)c2ccsc2)c1. The monoisotopic (exact) mass is 235 g/mol. The van der Waals surface area contributed by atoms with Crippen molar-refractivity contribution in [2.45, 2.75) is 26.4 Å². The van der Waals surface area contributed by atoms with Crippen LogP contribution in [0.4, 0.5) is 0 Å². The molecule has 0 aliphatic rings. The molecule has 2 heterocycles. The van der Waals surface area contributed by atoms with E-state index in [-0.39, 0.29) is 0 Å². The third-order valence-electron chi connectivity index (χ3n) is 2.60. The molecule has 1 atom stereocenters. The number of hydrogen-bond acceptors (Lipinski definition) is 3. The van der Waals surface area contributed by atoms with Crippen LogP contribution in [0.25, 0.3) is 0 Å². The number of aromatic nitrogens is 2. The fourth-order valence-electron chi connectivity index (χ4n) is 1.62. The zero-order valence-electron chi connectivity index (χ0n) is 9.68. The lowest BCUT2D eigenvalue weighted by Gasteiger charge is -2.12. The maximum absolute atomic E-state index is 4.25. The summed E-state index contributed by atoms with van der Waals surface area (Å²) in [5.41, 5.74) is 2.58. The van der Waals surface area contributed by atoms with Crippen molar-refractivity contribution in [2.75, 3.05) is 6.54 Å². The van der Waals surface area contributed by atoms with Gasteiger partial charge in [0, 0.05) is 18.8 Å². The largest absolute Gasteiger partial charge is 0.308 e. The molecule has 0 aromatic carbocycles. The van der Waals surface area contributed by atoms with Gasteiger partial charge in [-0.15, -0.1) is 0 Å². The molecular weight excluding hydrogens is 218 g/mol. The third kappa shape index (κ3) is 2.93. The van der Waals surface area contributed by atoms with Gasteiger partial charge in [-0.2, -0.15) is 16.4 Å². The lowest BCUT2D eigenvalue weighted by Crippen LogP contribution is -2.23. The Kier molecular flexibility index (Phi) is 3.74. The molecule has 1 N–H and O–H groups in total. The molecule has 86 valence electrons. The van der Waals surface area contributed by atoms with E-state index < -0.39 is 0 Å². The molecule has 0 amide bonds. The smallest absolute Gasteiger partial charge is 0.0534 e. The molecule has 0 bridgehead atoms. The number of nitrogens with zero attached hydrogens (tertiary/aromatic N) is 2. The van der Waals surface area contributed by atoms with E-state index in [1.807, 2.05) is 10.9 Å². The molecule has 16 heavy (non-hydrogen) atoms. The van der Waals surface area contributed by atoms with Crippen LogP contribution in [-0.4, -0.2) is 16.3 Å². The van der Waals surface area contributed by atoms with Crippen molar-refractivity contribution in [3.8, 4) is 0 Å². The number of hydrogen-bond donors (Lipinski definition) is 1. The van der Waals surface area contributed by atoms with E-state index in [0.717, 1.165) is 13.1 Å². The number of thiophene rings is 1. The summed E-state index contributed by atoms with van der Waals surface area (Å²) in [7, 11) is 0. The average Bonchev–Trinajstić information content (AvgIpc) is 2.89. The summed E-state index contributed by atoms with van der Waals surface area (Å²) in [6.45, 7) is 6.11. The highest BCUT2D eigenvalue weighted by molar-refractivity contribution is 7.07. The molecule has 0 radical (unpaired) electrons. The van der Waals surface area contributed by atoms with Crippen LogP contribution in [0.5, 0.6) is 0 Å². The molecule has 0 spiro atoms. The van der Waals surface area contributed by atoms with Gasteiger partial charge in [-0.3, -0.25) is 4.68 Å². The molecule has 2 aromatic heterocycles. The highest BCUT2D eigenvalue weighted by atomic mass is 32.1. The lowest BCUT2D eigenvalue weighted by molar-refractivity contribution is 0.508. The molecule has 0 fully saturated rings. The van der Waals surface area contributed by atoms with Crippen LogP contribution in [-0.2, 0) is 6.54 Å². The Morgan fingerprint density at radius 3 is 3.06 bits per heavy atom. The van der Waals surface area contributed by atoms with Crippen LogP contribution < -0.4 is 5.32 Å². The van der Waals surface area contributed by atoms with E-state index in [2.05, 4.69) is 47.3 Å². The standard InChI is InChI=1S/C12H17N3S/c1-10-7-14-15(8-10)5-4-13-11(2)12-3-6-16-9-12/h3,6-9,11,13H,4-5H2,1-2H3. The van der Waals surface area contributed by atoms with Crippen LogP contribution in [0.1, 0.15) is 24.1 Å².